The molecule has 0 unspecified atom stereocenters. The van der Waals surface area contributed by atoms with E-state index >= 15 is 0 Å². The summed E-state index contributed by atoms with van der Waals surface area (Å²) in [5, 5.41) is 7.70. The van der Waals surface area contributed by atoms with E-state index in [0.29, 0.717) is 12.3 Å². The zero-order chi connectivity index (χ0) is 22.0. The molecule has 0 aromatic heterocycles. The molecular formula is C28H56N2O. The van der Waals surface area contributed by atoms with Gasteiger partial charge in [0.15, 0.2) is 0 Å². The molecule has 2 fully saturated rings. The van der Waals surface area contributed by atoms with Gasteiger partial charge in [-0.25, -0.2) is 0 Å². The minimum Gasteiger partial charge on any atom is -0.378 e. The molecule has 0 radical (unpaired) electrons. The highest BCUT2D eigenvalue weighted by molar-refractivity contribution is 4.85. The van der Waals surface area contributed by atoms with E-state index in [4.69, 9.17) is 4.74 Å². The third-order valence-corrected chi connectivity index (χ3v) is 7.76. The molecule has 0 bridgehead atoms. The monoisotopic (exact) mass is 436 g/mol. The highest BCUT2D eigenvalue weighted by atomic mass is 16.5. The minimum absolute atomic E-state index is 0.532. The van der Waals surface area contributed by atoms with Crippen LogP contribution in [0.5, 0.6) is 0 Å². The van der Waals surface area contributed by atoms with Crippen molar-refractivity contribution in [2.45, 2.75) is 148 Å². The van der Waals surface area contributed by atoms with Gasteiger partial charge in [0.1, 0.15) is 0 Å². The fourth-order valence-corrected chi connectivity index (χ4v) is 5.56. The zero-order valence-electron chi connectivity index (χ0n) is 21.3. The maximum absolute atomic E-state index is 6.21. The topological polar surface area (TPSA) is 33.3 Å². The summed E-state index contributed by atoms with van der Waals surface area (Å²) in [6, 6.07) is 0. The Bertz CT molecular complexity index is 386. The molecule has 1 aliphatic carbocycles. The van der Waals surface area contributed by atoms with Gasteiger partial charge in [0.25, 0.3) is 0 Å². The molecule has 2 aliphatic rings. The predicted octanol–water partition coefficient (Wildman–Crippen LogP) is 7.59. The smallest absolute Gasteiger partial charge is 0.0600 e. The van der Waals surface area contributed by atoms with Crippen LogP contribution in [-0.4, -0.2) is 32.0 Å². The first kappa shape index (κ1) is 27.1. The van der Waals surface area contributed by atoms with E-state index in [9.17, 15) is 0 Å². The second-order valence-electron chi connectivity index (χ2n) is 10.6. The van der Waals surface area contributed by atoms with E-state index in [1.807, 2.05) is 0 Å². The van der Waals surface area contributed by atoms with Crippen LogP contribution in [0.4, 0.5) is 0 Å². The van der Waals surface area contributed by atoms with Gasteiger partial charge in [-0.3, -0.25) is 0 Å². The van der Waals surface area contributed by atoms with E-state index in [1.165, 1.54) is 135 Å². The van der Waals surface area contributed by atoms with Crippen LogP contribution in [0.1, 0.15) is 136 Å². The molecule has 0 spiro atoms. The Kier molecular flexibility index (Phi) is 16.0. The summed E-state index contributed by atoms with van der Waals surface area (Å²) in [6.07, 6.45) is 27.3. The van der Waals surface area contributed by atoms with Crippen molar-refractivity contribution < 1.29 is 4.74 Å². The van der Waals surface area contributed by atoms with E-state index < -0.39 is 0 Å². The second kappa shape index (κ2) is 18.3. The van der Waals surface area contributed by atoms with Crippen molar-refractivity contribution in [3.8, 4) is 0 Å². The van der Waals surface area contributed by atoms with Gasteiger partial charge in [-0.15, -0.1) is 0 Å². The molecule has 1 aliphatic heterocycles. The minimum atomic E-state index is 0.532. The molecule has 2 rings (SSSR count). The molecule has 1 saturated heterocycles. The number of hydrogen-bond acceptors (Lipinski definition) is 3. The van der Waals surface area contributed by atoms with Crippen molar-refractivity contribution in [1.29, 1.82) is 0 Å². The van der Waals surface area contributed by atoms with Crippen LogP contribution in [0.15, 0.2) is 0 Å². The first-order valence-electron chi connectivity index (χ1n) is 14.4. The first-order chi connectivity index (χ1) is 15.3. The summed E-state index contributed by atoms with van der Waals surface area (Å²) in [5.74, 6) is 1.64. The largest absolute Gasteiger partial charge is 0.378 e. The summed E-state index contributed by atoms with van der Waals surface area (Å²) >= 11 is 0. The SMILES string of the molecule is CCCCCCCCCOC1CCC(C2NCC(CCCCCCCCC)CN2)CC1. The molecule has 31 heavy (non-hydrogen) atoms. The lowest BCUT2D eigenvalue weighted by Crippen LogP contribution is -2.56. The standard InChI is InChI=1S/C28H56N2O/c1-3-5-7-9-11-13-15-17-25-23-29-28(30-24-25)26-18-20-27(21-19-26)31-22-16-14-12-10-8-6-4-2/h25-30H,3-24H2,1-2H3. The maximum Gasteiger partial charge on any atom is 0.0600 e. The number of ether oxygens (including phenoxy) is 1. The third kappa shape index (κ3) is 12.6. The predicted molar refractivity (Wildman–Crippen MR) is 136 cm³/mol. The fraction of sp³-hybridized carbons (Fsp3) is 1.00. The lowest BCUT2D eigenvalue weighted by atomic mass is 9.84. The van der Waals surface area contributed by atoms with E-state index in [-0.39, 0.29) is 0 Å². The first-order valence-corrected chi connectivity index (χ1v) is 14.4. The van der Waals surface area contributed by atoms with Crippen molar-refractivity contribution in [2.24, 2.45) is 11.8 Å². The van der Waals surface area contributed by atoms with Gasteiger partial charge < -0.3 is 15.4 Å². The highest BCUT2D eigenvalue weighted by Crippen LogP contribution is 2.29. The number of nitrogens with one attached hydrogen (secondary N) is 2. The van der Waals surface area contributed by atoms with Crippen molar-refractivity contribution >= 4 is 0 Å². The third-order valence-electron chi connectivity index (χ3n) is 7.76. The van der Waals surface area contributed by atoms with E-state index in [0.717, 1.165) is 18.4 Å². The molecule has 0 aromatic rings. The summed E-state index contributed by atoms with van der Waals surface area (Å²) in [6.45, 7) is 8.03. The van der Waals surface area contributed by atoms with Gasteiger partial charge in [0.2, 0.25) is 0 Å². The Balaban J connectivity index is 1.42. The maximum atomic E-state index is 6.21. The molecule has 0 aromatic carbocycles. The van der Waals surface area contributed by atoms with Gasteiger partial charge in [-0.1, -0.05) is 97.3 Å². The van der Waals surface area contributed by atoms with Crippen LogP contribution in [0.3, 0.4) is 0 Å². The molecule has 3 heteroatoms. The molecule has 1 heterocycles. The van der Waals surface area contributed by atoms with Crippen LogP contribution < -0.4 is 10.6 Å². The summed E-state index contributed by atoms with van der Waals surface area (Å²) in [4.78, 5) is 0. The van der Waals surface area contributed by atoms with Crippen LogP contribution in [0, 0.1) is 11.8 Å². The van der Waals surface area contributed by atoms with Crippen molar-refractivity contribution in [1.82, 2.24) is 10.6 Å². The van der Waals surface area contributed by atoms with Crippen molar-refractivity contribution in [3.05, 3.63) is 0 Å². The van der Waals surface area contributed by atoms with Crippen LogP contribution in [0.25, 0.3) is 0 Å². The second-order valence-corrected chi connectivity index (χ2v) is 10.6. The molecule has 3 nitrogen and oxygen atoms in total. The molecular weight excluding hydrogens is 380 g/mol. The highest BCUT2D eigenvalue weighted by Gasteiger charge is 2.30. The molecule has 2 N–H and O–H groups in total. The van der Waals surface area contributed by atoms with Crippen molar-refractivity contribution in [3.63, 3.8) is 0 Å². The molecule has 184 valence electrons. The molecule has 0 amide bonds. The van der Waals surface area contributed by atoms with Crippen LogP contribution >= 0.6 is 0 Å². The summed E-state index contributed by atoms with van der Waals surface area (Å²) in [5.41, 5.74) is 0. The average Bonchev–Trinajstić information content (AvgIpc) is 2.81. The molecule has 0 atom stereocenters. The van der Waals surface area contributed by atoms with Crippen LogP contribution in [0.2, 0.25) is 0 Å². The van der Waals surface area contributed by atoms with E-state index in [1.54, 1.807) is 0 Å². The van der Waals surface area contributed by atoms with Gasteiger partial charge in [-0.05, 0) is 50.4 Å². The van der Waals surface area contributed by atoms with Crippen molar-refractivity contribution in [2.75, 3.05) is 19.7 Å². The number of hydrogen-bond donors (Lipinski definition) is 2. The van der Waals surface area contributed by atoms with E-state index in [2.05, 4.69) is 24.5 Å². The Morgan fingerprint density at radius 1 is 0.613 bits per heavy atom. The number of rotatable bonds is 18. The quantitative estimate of drug-likeness (QED) is 0.217. The molecule has 1 saturated carbocycles. The van der Waals surface area contributed by atoms with Gasteiger partial charge in [0, 0.05) is 19.7 Å². The van der Waals surface area contributed by atoms with Gasteiger partial charge >= 0.3 is 0 Å². The summed E-state index contributed by atoms with van der Waals surface area (Å²) in [7, 11) is 0. The average molecular weight is 437 g/mol. The normalized spacial score (nSPS) is 26.9. The Morgan fingerprint density at radius 2 is 1.13 bits per heavy atom. The lowest BCUT2D eigenvalue weighted by molar-refractivity contribution is 0.00847. The number of unbranched alkanes of at least 4 members (excludes halogenated alkanes) is 12. The Morgan fingerprint density at radius 3 is 1.71 bits per heavy atom. The van der Waals surface area contributed by atoms with Gasteiger partial charge in [0.05, 0.1) is 12.3 Å². The summed E-state index contributed by atoms with van der Waals surface area (Å²) < 4.78 is 6.21. The fourth-order valence-electron chi connectivity index (χ4n) is 5.56. The Labute approximate surface area is 195 Å². The van der Waals surface area contributed by atoms with Crippen LogP contribution in [-0.2, 0) is 4.74 Å². The van der Waals surface area contributed by atoms with Gasteiger partial charge in [-0.2, -0.15) is 0 Å². The zero-order valence-corrected chi connectivity index (χ0v) is 21.3. The lowest BCUT2D eigenvalue weighted by Gasteiger charge is -2.39. The Hall–Kier alpha value is -0.120.